The topological polar surface area (TPSA) is 97.7 Å². The number of carbonyl (C=O) groups excluding carboxylic acids is 1. The van der Waals surface area contributed by atoms with Gasteiger partial charge in [-0.1, -0.05) is 0 Å². The Labute approximate surface area is 122 Å². The fraction of sp³-hybridized carbons (Fsp3) is 0.429. The molecule has 0 N–H and O–H groups in total. The highest BCUT2D eigenvalue weighted by atomic mass is 32.2. The van der Waals surface area contributed by atoms with Gasteiger partial charge in [-0.25, -0.2) is 4.79 Å². The second kappa shape index (κ2) is 7.38. The van der Waals surface area contributed by atoms with Gasteiger partial charge in [-0.2, -0.15) is 15.8 Å². The number of hydrogen-bond acceptors (Lipinski definition) is 6. The van der Waals surface area contributed by atoms with Crippen LogP contribution in [-0.4, -0.2) is 19.3 Å². The van der Waals surface area contributed by atoms with Gasteiger partial charge < -0.3 is 4.74 Å². The van der Waals surface area contributed by atoms with E-state index >= 15 is 0 Å². The van der Waals surface area contributed by atoms with Crippen LogP contribution in [0.15, 0.2) is 21.6 Å². The van der Waals surface area contributed by atoms with E-state index in [-0.39, 0.29) is 17.1 Å². The molecule has 0 aromatic carbocycles. The van der Waals surface area contributed by atoms with Crippen LogP contribution >= 0.6 is 11.8 Å². The number of rotatable bonds is 3. The van der Waals surface area contributed by atoms with Crippen molar-refractivity contribution < 1.29 is 9.53 Å². The third kappa shape index (κ3) is 3.02. The average Bonchev–Trinajstić information content (AvgIpc) is 2.94. The molecule has 20 heavy (non-hydrogen) atoms. The highest BCUT2D eigenvalue weighted by molar-refractivity contribution is 8.02. The van der Waals surface area contributed by atoms with E-state index in [0.717, 1.165) is 12.8 Å². The zero-order chi connectivity index (χ0) is 15.1. The van der Waals surface area contributed by atoms with Gasteiger partial charge in [0.1, 0.15) is 29.4 Å². The molecule has 1 aliphatic rings. The fourth-order valence-corrected chi connectivity index (χ4v) is 3.18. The van der Waals surface area contributed by atoms with E-state index in [1.54, 1.807) is 6.26 Å². The number of ether oxygens (including phenoxy) is 1. The quantitative estimate of drug-likeness (QED) is 0.449. The number of allylic oxidation sites excluding steroid dienone is 3. The fourth-order valence-electron chi connectivity index (χ4n) is 2.34. The number of nitriles is 3. The molecule has 1 fully saturated rings. The molecular formula is C14H13N3O2S. The third-order valence-electron chi connectivity index (χ3n) is 3.19. The van der Waals surface area contributed by atoms with Crippen LogP contribution in [0.2, 0.25) is 0 Å². The zero-order valence-electron chi connectivity index (χ0n) is 11.3. The number of carbonyl (C=O) groups is 1. The van der Waals surface area contributed by atoms with Gasteiger partial charge in [-0.15, -0.1) is 11.8 Å². The Kier molecular flexibility index (Phi) is 5.84. The SMILES string of the molecule is COC(=O)/C(C#N)=C1\CCC[C@H]1C(SC)=C(C#N)C#N. The summed E-state index contributed by atoms with van der Waals surface area (Å²) in [5.74, 6) is -0.877. The second-order valence-electron chi connectivity index (χ2n) is 4.12. The predicted octanol–water partition coefficient (Wildman–Crippen LogP) is 2.44. The minimum absolute atomic E-state index is 0.00298. The number of methoxy groups -OCH3 is 1. The summed E-state index contributed by atoms with van der Waals surface area (Å²) in [6, 6.07) is 5.64. The first kappa shape index (κ1) is 15.8. The van der Waals surface area contributed by atoms with Gasteiger partial charge in [0.25, 0.3) is 0 Å². The van der Waals surface area contributed by atoms with E-state index in [0.29, 0.717) is 16.9 Å². The smallest absolute Gasteiger partial charge is 0.348 e. The van der Waals surface area contributed by atoms with E-state index in [2.05, 4.69) is 4.74 Å². The van der Waals surface area contributed by atoms with Crippen molar-refractivity contribution in [3.63, 3.8) is 0 Å². The molecule has 0 heterocycles. The maximum Gasteiger partial charge on any atom is 0.348 e. The molecule has 0 aromatic heterocycles. The third-order valence-corrected chi connectivity index (χ3v) is 4.12. The average molecular weight is 287 g/mol. The molecule has 5 nitrogen and oxygen atoms in total. The molecule has 0 aromatic rings. The summed E-state index contributed by atoms with van der Waals surface area (Å²) in [5, 5.41) is 27.2. The Morgan fingerprint density at radius 1 is 1.30 bits per heavy atom. The van der Waals surface area contributed by atoms with Crippen LogP contribution in [0.3, 0.4) is 0 Å². The molecular weight excluding hydrogens is 274 g/mol. The summed E-state index contributed by atoms with van der Waals surface area (Å²) in [7, 11) is 1.23. The molecule has 0 aliphatic heterocycles. The Morgan fingerprint density at radius 3 is 2.40 bits per heavy atom. The predicted molar refractivity (Wildman–Crippen MR) is 73.8 cm³/mol. The number of hydrogen-bond donors (Lipinski definition) is 0. The molecule has 6 heteroatoms. The maximum absolute atomic E-state index is 11.6. The molecule has 102 valence electrons. The highest BCUT2D eigenvalue weighted by Gasteiger charge is 2.31. The Bertz CT molecular complexity index is 583. The van der Waals surface area contributed by atoms with Crippen LogP contribution < -0.4 is 0 Å². The Hall–Kier alpha value is -2.23. The second-order valence-corrected chi connectivity index (χ2v) is 4.96. The van der Waals surface area contributed by atoms with Gasteiger partial charge >= 0.3 is 5.97 Å². The van der Waals surface area contributed by atoms with Crippen LogP contribution in [0.4, 0.5) is 0 Å². The largest absolute Gasteiger partial charge is 0.465 e. The molecule has 0 bridgehead atoms. The molecule has 0 amide bonds. The lowest BCUT2D eigenvalue weighted by atomic mass is 9.95. The Balaban J connectivity index is 3.40. The molecule has 0 radical (unpaired) electrons. The van der Waals surface area contributed by atoms with Crippen molar-refractivity contribution >= 4 is 17.7 Å². The first-order chi connectivity index (χ1) is 9.64. The van der Waals surface area contributed by atoms with Crippen LogP contribution in [0, 0.1) is 39.9 Å². The van der Waals surface area contributed by atoms with E-state index < -0.39 is 5.97 Å². The monoisotopic (exact) mass is 287 g/mol. The van der Waals surface area contributed by atoms with E-state index in [1.165, 1.54) is 18.9 Å². The molecule has 1 saturated carbocycles. The van der Waals surface area contributed by atoms with Crippen molar-refractivity contribution in [2.75, 3.05) is 13.4 Å². The molecule has 0 unspecified atom stereocenters. The molecule has 0 spiro atoms. The number of esters is 1. The van der Waals surface area contributed by atoms with Crippen LogP contribution in [0.5, 0.6) is 0 Å². The normalized spacial score (nSPS) is 19.2. The molecule has 0 saturated heterocycles. The van der Waals surface area contributed by atoms with E-state index in [9.17, 15) is 4.79 Å². The molecule has 1 aliphatic carbocycles. The summed E-state index contributed by atoms with van der Waals surface area (Å²) in [6.07, 6.45) is 3.93. The first-order valence-electron chi connectivity index (χ1n) is 5.94. The lowest BCUT2D eigenvalue weighted by Crippen LogP contribution is -2.11. The van der Waals surface area contributed by atoms with E-state index in [4.69, 9.17) is 15.8 Å². The van der Waals surface area contributed by atoms with Crippen LogP contribution in [0.25, 0.3) is 0 Å². The van der Waals surface area contributed by atoms with Gasteiger partial charge in [0.15, 0.2) is 0 Å². The van der Waals surface area contributed by atoms with Crippen LogP contribution in [0.1, 0.15) is 19.3 Å². The Morgan fingerprint density at radius 2 is 1.95 bits per heavy atom. The highest BCUT2D eigenvalue weighted by Crippen LogP contribution is 2.43. The number of thioether (sulfide) groups is 1. The lowest BCUT2D eigenvalue weighted by molar-refractivity contribution is -0.135. The molecule has 1 atom stereocenters. The van der Waals surface area contributed by atoms with Gasteiger partial charge in [0, 0.05) is 10.8 Å². The van der Waals surface area contributed by atoms with Crippen molar-refractivity contribution in [1.82, 2.24) is 0 Å². The van der Waals surface area contributed by atoms with Crippen molar-refractivity contribution in [2.45, 2.75) is 19.3 Å². The van der Waals surface area contributed by atoms with Gasteiger partial charge in [0.05, 0.1) is 7.11 Å². The standard InChI is InChI=1S/C14H13N3O2S/c1-19-14(18)12(8-17)10-4-3-5-11(10)13(20-2)9(6-15)7-16/h11H,3-5H2,1-2H3/b12-10+/t11-/m1/s1. The van der Waals surface area contributed by atoms with Crippen LogP contribution in [-0.2, 0) is 9.53 Å². The number of nitrogens with zero attached hydrogens (tertiary/aromatic N) is 3. The van der Waals surface area contributed by atoms with E-state index in [1.807, 2.05) is 18.2 Å². The van der Waals surface area contributed by atoms with Crippen molar-refractivity contribution in [3.05, 3.63) is 21.6 Å². The minimum Gasteiger partial charge on any atom is -0.465 e. The van der Waals surface area contributed by atoms with Crippen molar-refractivity contribution in [3.8, 4) is 18.2 Å². The van der Waals surface area contributed by atoms with Gasteiger partial charge in [-0.05, 0) is 31.1 Å². The first-order valence-corrected chi connectivity index (χ1v) is 7.16. The van der Waals surface area contributed by atoms with Gasteiger partial charge in [-0.3, -0.25) is 0 Å². The summed E-state index contributed by atoms with van der Waals surface area (Å²) in [5.41, 5.74) is 0.715. The summed E-state index contributed by atoms with van der Waals surface area (Å²) >= 11 is 1.31. The summed E-state index contributed by atoms with van der Waals surface area (Å²) < 4.78 is 4.62. The van der Waals surface area contributed by atoms with Crippen molar-refractivity contribution in [1.29, 1.82) is 15.8 Å². The summed E-state index contributed by atoms with van der Waals surface area (Å²) in [6.45, 7) is 0. The lowest BCUT2D eigenvalue weighted by Gasteiger charge is -2.16. The van der Waals surface area contributed by atoms with Crippen molar-refractivity contribution in [2.24, 2.45) is 5.92 Å². The minimum atomic E-state index is -0.662. The van der Waals surface area contributed by atoms with Gasteiger partial charge in [0.2, 0.25) is 0 Å². The summed E-state index contributed by atoms with van der Waals surface area (Å²) in [4.78, 5) is 12.3. The molecule has 1 rings (SSSR count). The zero-order valence-corrected chi connectivity index (χ0v) is 12.1. The maximum atomic E-state index is 11.6.